The zero-order valence-corrected chi connectivity index (χ0v) is 8.99. The Labute approximate surface area is 101 Å². The van der Waals surface area contributed by atoms with Gasteiger partial charge >= 0.3 is 11.9 Å². The summed E-state index contributed by atoms with van der Waals surface area (Å²) in [7, 11) is 0. The maximum atomic E-state index is 11.4. The summed E-state index contributed by atoms with van der Waals surface area (Å²) in [6.07, 6.45) is 4.84. The van der Waals surface area contributed by atoms with Crippen molar-refractivity contribution in [3.63, 3.8) is 0 Å². The van der Waals surface area contributed by atoms with Crippen LogP contribution in [0.25, 0.3) is 0 Å². The van der Waals surface area contributed by atoms with Crippen molar-refractivity contribution in [2.24, 2.45) is 0 Å². The van der Waals surface area contributed by atoms with E-state index in [4.69, 9.17) is 9.47 Å². The molecule has 18 heavy (non-hydrogen) atoms. The first-order chi connectivity index (χ1) is 8.51. The smallest absolute Gasteiger partial charge is 0.344 e. The van der Waals surface area contributed by atoms with E-state index in [1.54, 1.807) is 12.2 Å². The quantitative estimate of drug-likeness (QED) is 0.661. The van der Waals surface area contributed by atoms with Gasteiger partial charge in [-0.15, -0.1) is 0 Å². The first-order valence-corrected chi connectivity index (χ1v) is 5.47. The standard InChI is InChI=1S/C12H8O6/c13-9(14)11-3-1-5(17-11)7-8(11)6-2-4-12(7,18-6)10(15)16/h1-6H,(H,13,14)(H,15,16)/t5?,6?,11-,12-/m0/s1. The molecule has 2 unspecified atom stereocenters. The highest BCUT2D eigenvalue weighted by atomic mass is 16.6. The van der Waals surface area contributed by atoms with Crippen molar-refractivity contribution in [1.29, 1.82) is 0 Å². The van der Waals surface area contributed by atoms with Gasteiger partial charge in [0, 0.05) is 11.1 Å². The molecule has 0 fully saturated rings. The third-order valence-corrected chi connectivity index (χ3v) is 3.93. The Morgan fingerprint density at radius 1 is 0.944 bits per heavy atom. The summed E-state index contributed by atoms with van der Waals surface area (Å²) in [5, 5.41) is 18.7. The number of carboxylic acid groups (broad SMARTS) is 2. The number of hydrogen-bond donors (Lipinski definition) is 2. The minimum absolute atomic E-state index is 0.424. The van der Waals surface area contributed by atoms with Crippen LogP contribution in [-0.2, 0) is 19.1 Å². The second-order valence-corrected chi connectivity index (χ2v) is 4.70. The largest absolute Gasteiger partial charge is 0.479 e. The van der Waals surface area contributed by atoms with Crippen molar-refractivity contribution in [1.82, 2.24) is 0 Å². The highest BCUT2D eigenvalue weighted by Crippen LogP contribution is 2.57. The van der Waals surface area contributed by atoms with E-state index in [1.807, 2.05) is 0 Å². The molecule has 4 bridgehead atoms. The molecule has 0 amide bonds. The molecule has 2 N–H and O–H groups in total. The van der Waals surface area contributed by atoms with Crippen LogP contribution in [0.1, 0.15) is 0 Å². The highest BCUT2D eigenvalue weighted by Gasteiger charge is 2.68. The van der Waals surface area contributed by atoms with E-state index in [2.05, 4.69) is 0 Å². The molecule has 0 aromatic carbocycles. The summed E-state index contributed by atoms with van der Waals surface area (Å²) >= 11 is 0. The molecule has 0 aliphatic carbocycles. The summed E-state index contributed by atoms with van der Waals surface area (Å²) in [5.74, 6) is -2.28. The Balaban J connectivity index is 1.97. The molecule has 0 saturated heterocycles. The molecule has 4 atom stereocenters. The van der Waals surface area contributed by atoms with Crippen molar-refractivity contribution in [3.05, 3.63) is 35.5 Å². The number of carbonyl (C=O) groups is 2. The number of rotatable bonds is 2. The van der Waals surface area contributed by atoms with Gasteiger partial charge in [0.2, 0.25) is 11.2 Å². The fraction of sp³-hybridized carbons (Fsp3) is 0.333. The van der Waals surface area contributed by atoms with Gasteiger partial charge in [0.25, 0.3) is 0 Å². The zero-order chi connectivity index (χ0) is 12.7. The Morgan fingerprint density at radius 2 is 1.33 bits per heavy atom. The lowest BCUT2D eigenvalue weighted by Crippen LogP contribution is -2.41. The maximum Gasteiger partial charge on any atom is 0.344 e. The van der Waals surface area contributed by atoms with Gasteiger partial charge in [-0.25, -0.2) is 9.59 Å². The van der Waals surface area contributed by atoms with E-state index in [0.29, 0.717) is 11.1 Å². The molecule has 4 aliphatic heterocycles. The van der Waals surface area contributed by atoms with Crippen LogP contribution in [0.15, 0.2) is 35.5 Å². The molecule has 0 aromatic heterocycles. The first-order valence-electron chi connectivity index (χ1n) is 5.47. The van der Waals surface area contributed by atoms with E-state index in [1.165, 1.54) is 12.2 Å². The van der Waals surface area contributed by atoms with Crippen LogP contribution in [0.2, 0.25) is 0 Å². The average molecular weight is 248 g/mol. The molecule has 0 radical (unpaired) electrons. The Morgan fingerprint density at radius 3 is 1.67 bits per heavy atom. The summed E-state index contributed by atoms with van der Waals surface area (Å²) in [6, 6.07) is 0. The van der Waals surface area contributed by atoms with Gasteiger partial charge in [0.15, 0.2) is 0 Å². The number of aliphatic carboxylic acids is 2. The third-order valence-electron chi connectivity index (χ3n) is 3.93. The van der Waals surface area contributed by atoms with Gasteiger partial charge in [0.05, 0.1) is 0 Å². The molecule has 92 valence electrons. The molecule has 0 saturated carbocycles. The van der Waals surface area contributed by atoms with Gasteiger partial charge in [-0.05, 0) is 12.2 Å². The zero-order valence-electron chi connectivity index (χ0n) is 8.99. The van der Waals surface area contributed by atoms with E-state index in [9.17, 15) is 19.8 Å². The van der Waals surface area contributed by atoms with Crippen LogP contribution < -0.4 is 0 Å². The first kappa shape index (κ1) is 10.0. The van der Waals surface area contributed by atoms with E-state index < -0.39 is 35.3 Å². The van der Waals surface area contributed by atoms with E-state index in [-0.39, 0.29) is 0 Å². The minimum atomic E-state index is -1.55. The van der Waals surface area contributed by atoms with Gasteiger partial charge in [-0.2, -0.15) is 0 Å². The van der Waals surface area contributed by atoms with Crippen molar-refractivity contribution in [2.45, 2.75) is 23.4 Å². The summed E-state index contributed by atoms with van der Waals surface area (Å²) in [5.41, 5.74) is -2.25. The van der Waals surface area contributed by atoms with Crippen molar-refractivity contribution >= 4 is 11.9 Å². The third kappa shape index (κ3) is 0.766. The molecule has 4 aliphatic rings. The highest BCUT2D eigenvalue weighted by molar-refractivity contribution is 5.95. The van der Waals surface area contributed by atoms with Gasteiger partial charge in [-0.1, -0.05) is 12.2 Å². The summed E-state index contributed by atoms with van der Waals surface area (Å²) in [6.45, 7) is 0. The van der Waals surface area contributed by atoms with E-state index in [0.717, 1.165) is 0 Å². The molecule has 6 nitrogen and oxygen atoms in total. The lowest BCUT2D eigenvalue weighted by molar-refractivity contribution is -0.159. The lowest BCUT2D eigenvalue weighted by Gasteiger charge is -2.24. The molecule has 0 spiro atoms. The molecule has 0 aromatic rings. The van der Waals surface area contributed by atoms with Crippen molar-refractivity contribution in [3.8, 4) is 0 Å². The Bertz CT molecular complexity index is 548. The number of ether oxygens (including phenoxy) is 2. The summed E-state index contributed by atoms with van der Waals surface area (Å²) < 4.78 is 11.0. The topological polar surface area (TPSA) is 93.1 Å². The second-order valence-electron chi connectivity index (χ2n) is 4.70. The SMILES string of the molecule is O=C(O)[C@@]12C=CC(O1)C1=C2C2C=C[C@]1(C(=O)O)O2. The predicted molar refractivity (Wildman–Crippen MR) is 55.8 cm³/mol. The van der Waals surface area contributed by atoms with Crippen molar-refractivity contribution in [2.75, 3.05) is 0 Å². The lowest BCUT2D eigenvalue weighted by atomic mass is 9.77. The van der Waals surface area contributed by atoms with Crippen LogP contribution >= 0.6 is 0 Å². The van der Waals surface area contributed by atoms with Gasteiger partial charge in [0.1, 0.15) is 12.2 Å². The molecule has 4 heterocycles. The monoisotopic (exact) mass is 248 g/mol. The van der Waals surface area contributed by atoms with Crippen LogP contribution in [-0.4, -0.2) is 45.6 Å². The van der Waals surface area contributed by atoms with Crippen LogP contribution in [0.5, 0.6) is 0 Å². The van der Waals surface area contributed by atoms with Crippen LogP contribution in [0, 0.1) is 0 Å². The average Bonchev–Trinajstić information content (AvgIpc) is 3.06. The van der Waals surface area contributed by atoms with Crippen molar-refractivity contribution < 1.29 is 29.3 Å². The minimum Gasteiger partial charge on any atom is -0.479 e. The number of carboxylic acids is 2. The normalized spacial score (nSPS) is 46.0. The Hall–Kier alpha value is -1.92. The second kappa shape index (κ2) is 2.57. The van der Waals surface area contributed by atoms with Gasteiger partial charge in [-0.3, -0.25) is 0 Å². The van der Waals surface area contributed by atoms with Gasteiger partial charge < -0.3 is 19.7 Å². The maximum absolute atomic E-state index is 11.4. The fourth-order valence-corrected chi connectivity index (χ4v) is 3.22. The predicted octanol–water partition coefficient (Wildman–Crippen LogP) is -0.133. The summed E-state index contributed by atoms with van der Waals surface area (Å²) in [4.78, 5) is 22.9. The van der Waals surface area contributed by atoms with E-state index >= 15 is 0 Å². The Kier molecular flexibility index (Phi) is 1.44. The number of fused-ring (bicyclic) bond motifs is 8. The fourth-order valence-electron chi connectivity index (χ4n) is 3.22. The molecular weight excluding hydrogens is 240 g/mol. The van der Waals surface area contributed by atoms with Crippen LogP contribution in [0.3, 0.4) is 0 Å². The molecule has 4 rings (SSSR count). The van der Waals surface area contributed by atoms with Crippen LogP contribution in [0.4, 0.5) is 0 Å². The number of hydrogen-bond acceptors (Lipinski definition) is 4. The molecular formula is C12H8O6. The molecule has 6 heteroatoms.